The summed E-state index contributed by atoms with van der Waals surface area (Å²) >= 11 is 0. The molecule has 0 radical (unpaired) electrons. The van der Waals surface area contributed by atoms with Gasteiger partial charge < -0.3 is 15.5 Å². The normalized spacial score (nSPS) is 13.8. The Hall–Kier alpha value is -3.47. The van der Waals surface area contributed by atoms with Crippen LogP contribution in [0.15, 0.2) is 134 Å². The Morgan fingerprint density at radius 1 is 0.357 bits per heavy atom. The van der Waals surface area contributed by atoms with Crippen molar-refractivity contribution in [3.8, 4) is 0 Å². The third kappa shape index (κ3) is 55.5. The zero-order valence-corrected chi connectivity index (χ0v) is 45.7. The second-order valence-electron chi connectivity index (χ2n) is 19.3. The average molecular weight is 967 g/mol. The molecule has 0 aliphatic rings. The molecule has 0 saturated heterocycles. The van der Waals surface area contributed by atoms with E-state index in [4.69, 9.17) is 0 Å². The number of carbonyl (C=O) groups is 1. The first-order valence-electron chi connectivity index (χ1n) is 29.4. The van der Waals surface area contributed by atoms with Crippen LogP contribution in [0.5, 0.6) is 0 Å². The maximum Gasteiger partial charge on any atom is 0.220 e. The molecule has 0 aliphatic carbocycles. The summed E-state index contributed by atoms with van der Waals surface area (Å²) in [6, 6.07) is -0.557. The minimum absolute atomic E-state index is 0.0538. The van der Waals surface area contributed by atoms with Gasteiger partial charge in [0.15, 0.2) is 0 Å². The zero-order valence-electron chi connectivity index (χ0n) is 45.7. The van der Waals surface area contributed by atoms with E-state index in [0.717, 1.165) is 109 Å². The van der Waals surface area contributed by atoms with Crippen LogP contribution >= 0.6 is 0 Å². The van der Waals surface area contributed by atoms with Gasteiger partial charge in [0.25, 0.3) is 0 Å². The highest BCUT2D eigenvalue weighted by atomic mass is 16.3. The standard InChI is InChI=1S/C66H111NO3/c1-3-5-7-9-11-13-15-17-19-21-23-24-25-26-27-28-29-30-31-32-33-34-35-36-37-38-39-40-41-42-44-46-48-50-52-54-56-58-60-62-66(70)67-64(63-68)65(69)61-59-57-55-53-51-49-47-45-43-22-20-18-16-14-12-10-8-6-4-2/h5,7,11,13,17,19,23-24,26-27,29-30,32-33,35-36,38-39,41-42,46,48,64-65,68-69H,3-4,6,8-10,12,14-16,18,20-22,25,28,31,34,37,40,43-45,47,49-63H2,1-2H3,(H,67,70)/b7-5-,13-11-,19-17-,24-23-,27-26-,30-29-,33-32-,36-35-,39-38-,42-41-,48-46-. The lowest BCUT2D eigenvalue weighted by Crippen LogP contribution is -2.45. The summed E-state index contributed by atoms with van der Waals surface area (Å²) in [5, 5.41) is 23.3. The Kier molecular flexibility index (Phi) is 56.9. The van der Waals surface area contributed by atoms with Crippen molar-refractivity contribution in [1.29, 1.82) is 0 Å². The average Bonchev–Trinajstić information content (AvgIpc) is 3.36. The molecule has 0 aromatic heterocycles. The zero-order chi connectivity index (χ0) is 50.6. The lowest BCUT2D eigenvalue weighted by Gasteiger charge is -2.22. The molecule has 0 aromatic rings. The number of hydrogen-bond acceptors (Lipinski definition) is 3. The molecule has 0 spiro atoms. The van der Waals surface area contributed by atoms with Crippen molar-refractivity contribution in [3.63, 3.8) is 0 Å². The number of allylic oxidation sites excluding steroid dienone is 22. The predicted molar refractivity (Wildman–Crippen MR) is 312 cm³/mol. The lowest BCUT2D eigenvalue weighted by atomic mass is 10.0. The van der Waals surface area contributed by atoms with Crippen LogP contribution in [0.3, 0.4) is 0 Å². The van der Waals surface area contributed by atoms with Crippen molar-refractivity contribution in [2.45, 2.75) is 270 Å². The van der Waals surface area contributed by atoms with Crippen LogP contribution in [-0.4, -0.2) is 34.9 Å². The summed E-state index contributed by atoms with van der Waals surface area (Å²) in [5.74, 6) is -0.0538. The van der Waals surface area contributed by atoms with Gasteiger partial charge >= 0.3 is 0 Å². The van der Waals surface area contributed by atoms with E-state index in [0.29, 0.717) is 12.8 Å². The molecule has 0 fully saturated rings. The van der Waals surface area contributed by atoms with E-state index < -0.39 is 12.1 Å². The largest absolute Gasteiger partial charge is 0.394 e. The molecule has 70 heavy (non-hydrogen) atoms. The smallest absolute Gasteiger partial charge is 0.220 e. The second-order valence-corrected chi connectivity index (χ2v) is 19.3. The van der Waals surface area contributed by atoms with Gasteiger partial charge in [-0.15, -0.1) is 0 Å². The van der Waals surface area contributed by atoms with E-state index >= 15 is 0 Å². The van der Waals surface area contributed by atoms with Gasteiger partial charge in [0.1, 0.15) is 0 Å². The fraction of sp³-hybridized carbons (Fsp3) is 0.652. The number of rotatable bonds is 52. The number of unbranched alkanes of at least 4 members (excludes halogenated alkanes) is 23. The summed E-state index contributed by atoms with van der Waals surface area (Å²) in [5.41, 5.74) is 0. The van der Waals surface area contributed by atoms with Gasteiger partial charge in [-0.05, 0) is 96.3 Å². The maximum absolute atomic E-state index is 12.5. The number of aliphatic hydroxyl groups is 2. The maximum atomic E-state index is 12.5. The first kappa shape index (κ1) is 66.5. The lowest BCUT2D eigenvalue weighted by molar-refractivity contribution is -0.123. The Morgan fingerprint density at radius 3 is 0.943 bits per heavy atom. The number of carbonyl (C=O) groups excluding carboxylic acids is 1. The summed E-state index contributed by atoms with van der Waals surface area (Å²) in [6.07, 6.45) is 92.9. The highest BCUT2D eigenvalue weighted by Crippen LogP contribution is 2.16. The van der Waals surface area contributed by atoms with Gasteiger partial charge in [-0.25, -0.2) is 0 Å². The summed E-state index contributed by atoms with van der Waals surface area (Å²) in [7, 11) is 0. The van der Waals surface area contributed by atoms with Crippen molar-refractivity contribution in [1.82, 2.24) is 5.32 Å². The van der Waals surface area contributed by atoms with Gasteiger partial charge in [0.05, 0.1) is 18.8 Å². The van der Waals surface area contributed by atoms with Gasteiger partial charge in [-0.3, -0.25) is 4.79 Å². The van der Waals surface area contributed by atoms with Crippen LogP contribution in [0.4, 0.5) is 0 Å². The van der Waals surface area contributed by atoms with Crippen molar-refractivity contribution in [3.05, 3.63) is 134 Å². The molecule has 3 N–H and O–H groups in total. The van der Waals surface area contributed by atoms with Crippen LogP contribution in [-0.2, 0) is 4.79 Å². The Morgan fingerprint density at radius 2 is 0.629 bits per heavy atom. The van der Waals surface area contributed by atoms with E-state index in [1.807, 2.05) is 0 Å². The Bertz CT molecular complexity index is 1420. The van der Waals surface area contributed by atoms with E-state index in [9.17, 15) is 15.0 Å². The topological polar surface area (TPSA) is 69.6 Å². The van der Waals surface area contributed by atoms with E-state index in [2.05, 4.69) is 153 Å². The molecule has 4 nitrogen and oxygen atoms in total. The summed E-state index contributed by atoms with van der Waals surface area (Å²) in [6.45, 7) is 4.24. The fourth-order valence-electron chi connectivity index (χ4n) is 8.25. The minimum Gasteiger partial charge on any atom is -0.394 e. The van der Waals surface area contributed by atoms with Crippen LogP contribution in [0.1, 0.15) is 258 Å². The van der Waals surface area contributed by atoms with Gasteiger partial charge in [0, 0.05) is 6.42 Å². The van der Waals surface area contributed by atoms with Crippen molar-refractivity contribution in [2.24, 2.45) is 0 Å². The molecule has 0 heterocycles. The molecule has 0 saturated carbocycles. The number of nitrogens with one attached hydrogen (secondary N) is 1. The number of hydrogen-bond donors (Lipinski definition) is 3. The molecule has 2 unspecified atom stereocenters. The molecule has 0 aromatic carbocycles. The molecule has 2 atom stereocenters. The summed E-state index contributed by atoms with van der Waals surface area (Å²) < 4.78 is 0. The number of aliphatic hydroxyl groups excluding tert-OH is 2. The minimum atomic E-state index is -0.678. The SMILES string of the molecule is CC/C=C\C/C=C\C/C=C\C/C=C\C/C=C\C/C=C\C/C=C\C/C=C\C/C=C\C/C=C\C/C=C\CCCCCCCC(=O)NC(CO)C(O)CCCCCCCCCCCCCCCCCCCCC. The molecular formula is C66H111NO3. The highest BCUT2D eigenvalue weighted by Gasteiger charge is 2.20. The first-order valence-corrected chi connectivity index (χ1v) is 29.4. The number of amides is 1. The van der Waals surface area contributed by atoms with Crippen molar-refractivity contribution >= 4 is 5.91 Å². The van der Waals surface area contributed by atoms with Crippen molar-refractivity contribution < 1.29 is 15.0 Å². The predicted octanol–water partition coefficient (Wildman–Crippen LogP) is 19.8. The molecule has 0 bridgehead atoms. The van der Waals surface area contributed by atoms with Crippen molar-refractivity contribution in [2.75, 3.05) is 6.61 Å². The van der Waals surface area contributed by atoms with Gasteiger partial charge in [0.2, 0.25) is 5.91 Å². The summed E-state index contributed by atoms with van der Waals surface area (Å²) in [4.78, 5) is 12.5. The van der Waals surface area contributed by atoms with Gasteiger partial charge in [-0.2, -0.15) is 0 Å². The molecule has 4 heteroatoms. The molecule has 1 amide bonds. The first-order chi connectivity index (χ1) is 34.7. The van der Waals surface area contributed by atoms with E-state index in [1.165, 1.54) is 122 Å². The third-order valence-corrected chi connectivity index (χ3v) is 12.7. The van der Waals surface area contributed by atoms with E-state index in [-0.39, 0.29) is 12.5 Å². The monoisotopic (exact) mass is 966 g/mol. The van der Waals surface area contributed by atoms with E-state index in [1.54, 1.807) is 0 Å². The molecular weight excluding hydrogens is 855 g/mol. The molecule has 0 aliphatic heterocycles. The second kappa shape index (κ2) is 59.8. The van der Waals surface area contributed by atoms with Crippen LogP contribution in [0.2, 0.25) is 0 Å². The Balaban J connectivity index is 3.64. The van der Waals surface area contributed by atoms with Crippen LogP contribution < -0.4 is 5.32 Å². The molecule has 0 rings (SSSR count). The molecule has 398 valence electrons. The van der Waals surface area contributed by atoms with Gasteiger partial charge in [-0.1, -0.05) is 289 Å². The van der Waals surface area contributed by atoms with Crippen LogP contribution in [0, 0.1) is 0 Å². The Labute approximate surface area is 434 Å². The highest BCUT2D eigenvalue weighted by molar-refractivity contribution is 5.76. The quantitative estimate of drug-likeness (QED) is 0.0420. The third-order valence-electron chi connectivity index (χ3n) is 12.7. The fourth-order valence-corrected chi connectivity index (χ4v) is 8.25. The van der Waals surface area contributed by atoms with Crippen LogP contribution in [0.25, 0.3) is 0 Å².